The molecule has 0 bridgehead atoms. The van der Waals surface area contributed by atoms with Gasteiger partial charge in [-0.3, -0.25) is 14.9 Å². The molecule has 0 aliphatic heterocycles. The zero-order valence-electron chi connectivity index (χ0n) is 16.9. The van der Waals surface area contributed by atoms with E-state index in [2.05, 4.69) is 20.8 Å². The SMILES string of the molecule is Cc1cc(C)c(NC(=O)CSc2nnc(NC(=O)/C=C/c3ccccc3)s2)c(C)c1. The number of thioether (sulfide) groups is 1. The molecule has 3 aromatic rings. The Morgan fingerprint density at radius 1 is 1.03 bits per heavy atom. The Labute approximate surface area is 183 Å². The summed E-state index contributed by atoms with van der Waals surface area (Å²) in [7, 11) is 0. The largest absolute Gasteiger partial charge is 0.325 e. The maximum Gasteiger partial charge on any atom is 0.250 e. The fourth-order valence-electron chi connectivity index (χ4n) is 2.88. The van der Waals surface area contributed by atoms with Crippen LogP contribution in [-0.4, -0.2) is 27.8 Å². The number of carbonyl (C=O) groups excluding carboxylic acids is 2. The molecule has 6 nitrogen and oxygen atoms in total. The van der Waals surface area contributed by atoms with Crippen molar-refractivity contribution in [3.05, 3.63) is 70.8 Å². The van der Waals surface area contributed by atoms with Gasteiger partial charge in [0.15, 0.2) is 4.34 Å². The second-order valence-electron chi connectivity index (χ2n) is 6.72. The van der Waals surface area contributed by atoms with Crippen molar-refractivity contribution in [2.75, 3.05) is 16.4 Å². The normalized spacial score (nSPS) is 10.9. The van der Waals surface area contributed by atoms with Crippen LogP contribution in [0.2, 0.25) is 0 Å². The molecule has 0 radical (unpaired) electrons. The zero-order chi connectivity index (χ0) is 21.5. The Bertz CT molecular complexity index is 1050. The van der Waals surface area contributed by atoms with Gasteiger partial charge in [-0.05, 0) is 43.5 Å². The minimum atomic E-state index is -0.283. The minimum Gasteiger partial charge on any atom is -0.325 e. The molecule has 1 heterocycles. The van der Waals surface area contributed by atoms with Crippen molar-refractivity contribution in [1.29, 1.82) is 0 Å². The van der Waals surface area contributed by atoms with Crippen LogP contribution in [0.15, 0.2) is 52.9 Å². The number of rotatable bonds is 7. The molecule has 30 heavy (non-hydrogen) atoms. The number of carbonyl (C=O) groups is 2. The summed E-state index contributed by atoms with van der Waals surface area (Å²) in [6, 6.07) is 13.6. The quantitative estimate of drug-likeness (QED) is 0.313. The monoisotopic (exact) mass is 438 g/mol. The predicted molar refractivity (Wildman–Crippen MR) is 124 cm³/mol. The van der Waals surface area contributed by atoms with Gasteiger partial charge in [0.05, 0.1) is 5.75 Å². The Hall–Kier alpha value is -2.97. The second-order valence-corrected chi connectivity index (χ2v) is 8.92. The zero-order valence-corrected chi connectivity index (χ0v) is 18.6. The first-order chi connectivity index (χ1) is 14.4. The van der Waals surface area contributed by atoms with E-state index < -0.39 is 0 Å². The van der Waals surface area contributed by atoms with E-state index >= 15 is 0 Å². The van der Waals surface area contributed by atoms with E-state index in [0.717, 1.165) is 22.4 Å². The molecular formula is C22H22N4O2S2. The van der Waals surface area contributed by atoms with Crippen molar-refractivity contribution in [2.24, 2.45) is 0 Å². The number of aryl methyl sites for hydroxylation is 3. The summed E-state index contributed by atoms with van der Waals surface area (Å²) in [6.45, 7) is 5.99. The number of anilines is 2. The number of hydrogen-bond donors (Lipinski definition) is 2. The lowest BCUT2D eigenvalue weighted by atomic mass is 10.1. The van der Waals surface area contributed by atoms with Crippen molar-refractivity contribution in [2.45, 2.75) is 25.1 Å². The van der Waals surface area contributed by atoms with Crippen LogP contribution in [0.5, 0.6) is 0 Å². The second kappa shape index (κ2) is 10.2. The molecule has 0 saturated heterocycles. The molecule has 154 valence electrons. The fraction of sp³-hybridized carbons (Fsp3) is 0.182. The highest BCUT2D eigenvalue weighted by molar-refractivity contribution is 8.01. The highest BCUT2D eigenvalue weighted by Gasteiger charge is 2.12. The molecule has 0 aliphatic carbocycles. The number of amides is 2. The van der Waals surface area contributed by atoms with E-state index in [1.165, 1.54) is 34.7 Å². The third kappa shape index (κ3) is 6.27. The molecule has 2 aromatic carbocycles. The van der Waals surface area contributed by atoms with E-state index in [9.17, 15) is 9.59 Å². The topological polar surface area (TPSA) is 84.0 Å². The van der Waals surface area contributed by atoms with Gasteiger partial charge in [-0.2, -0.15) is 0 Å². The van der Waals surface area contributed by atoms with Crippen molar-refractivity contribution in [3.63, 3.8) is 0 Å². The third-order valence-electron chi connectivity index (χ3n) is 4.13. The molecule has 0 unspecified atom stereocenters. The van der Waals surface area contributed by atoms with Crippen molar-refractivity contribution >= 4 is 51.8 Å². The Morgan fingerprint density at radius 2 is 1.73 bits per heavy atom. The predicted octanol–water partition coefficient (Wildman–Crippen LogP) is 4.85. The lowest BCUT2D eigenvalue weighted by Gasteiger charge is -2.12. The molecule has 0 aliphatic rings. The molecule has 2 N–H and O–H groups in total. The van der Waals surface area contributed by atoms with E-state index in [4.69, 9.17) is 0 Å². The fourth-order valence-corrected chi connectivity index (χ4v) is 4.44. The molecule has 0 spiro atoms. The molecule has 0 atom stereocenters. The average molecular weight is 439 g/mol. The summed E-state index contributed by atoms with van der Waals surface area (Å²) in [5.41, 5.74) is 5.03. The van der Waals surface area contributed by atoms with Crippen molar-refractivity contribution < 1.29 is 9.59 Å². The number of nitrogens with one attached hydrogen (secondary N) is 2. The van der Waals surface area contributed by atoms with Crippen LogP contribution in [0, 0.1) is 20.8 Å². The number of nitrogens with zero attached hydrogens (tertiary/aromatic N) is 2. The molecular weight excluding hydrogens is 416 g/mol. The smallest absolute Gasteiger partial charge is 0.250 e. The minimum absolute atomic E-state index is 0.110. The molecule has 0 saturated carbocycles. The van der Waals surface area contributed by atoms with Gasteiger partial charge in [-0.25, -0.2) is 0 Å². The highest BCUT2D eigenvalue weighted by Crippen LogP contribution is 2.26. The van der Waals surface area contributed by atoms with Gasteiger partial charge in [0.1, 0.15) is 0 Å². The maximum atomic E-state index is 12.3. The molecule has 3 rings (SSSR count). The van der Waals surface area contributed by atoms with Gasteiger partial charge >= 0.3 is 0 Å². The summed E-state index contributed by atoms with van der Waals surface area (Å²) >= 11 is 2.52. The van der Waals surface area contributed by atoms with Crippen LogP contribution in [-0.2, 0) is 9.59 Å². The number of hydrogen-bond acceptors (Lipinski definition) is 6. The first kappa shape index (κ1) is 21.7. The van der Waals surface area contributed by atoms with Crippen LogP contribution >= 0.6 is 23.1 Å². The summed E-state index contributed by atoms with van der Waals surface area (Å²) in [5.74, 6) is -0.181. The van der Waals surface area contributed by atoms with E-state index in [-0.39, 0.29) is 17.6 Å². The molecule has 0 fully saturated rings. The number of aromatic nitrogens is 2. The van der Waals surface area contributed by atoms with Gasteiger partial charge in [0.25, 0.3) is 0 Å². The Morgan fingerprint density at radius 3 is 2.43 bits per heavy atom. The van der Waals surface area contributed by atoms with Crippen LogP contribution in [0.25, 0.3) is 6.08 Å². The van der Waals surface area contributed by atoms with E-state index in [1.54, 1.807) is 6.08 Å². The molecule has 1 aromatic heterocycles. The molecule has 8 heteroatoms. The number of benzene rings is 2. The average Bonchev–Trinajstić information content (AvgIpc) is 3.15. The van der Waals surface area contributed by atoms with Gasteiger partial charge in [0.2, 0.25) is 16.9 Å². The first-order valence-electron chi connectivity index (χ1n) is 9.29. The first-order valence-corrected chi connectivity index (χ1v) is 11.1. The van der Waals surface area contributed by atoms with Crippen LogP contribution in [0.1, 0.15) is 22.3 Å². The lowest BCUT2D eigenvalue weighted by Crippen LogP contribution is -2.15. The molecule has 2 amide bonds. The van der Waals surface area contributed by atoms with E-state index in [0.29, 0.717) is 9.47 Å². The maximum absolute atomic E-state index is 12.3. The van der Waals surface area contributed by atoms with E-state index in [1.807, 2.05) is 63.2 Å². The van der Waals surface area contributed by atoms with Crippen LogP contribution in [0.4, 0.5) is 10.8 Å². The van der Waals surface area contributed by atoms with Gasteiger partial charge in [-0.15, -0.1) is 10.2 Å². The Balaban J connectivity index is 1.50. The standard InChI is InChI=1S/C22H22N4O2S2/c1-14-11-15(2)20(16(3)12-14)23-19(28)13-29-22-26-25-21(30-22)24-18(27)10-9-17-7-5-4-6-8-17/h4-12H,13H2,1-3H3,(H,23,28)(H,24,25,27)/b10-9+. The summed E-state index contributed by atoms with van der Waals surface area (Å²) in [5, 5.41) is 14.0. The van der Waals surface area contributed by atoms with Crippen molar-refractivity contribution in [3.8, 4) is 0 Å². The Kier molecular flexibility index (Phi) is 7.37. The highest BCUT2D eigenvalue weighted by atomic mass is 32.2. The van der Waals surface area contributed by atoms with Crippen LogP contribution < -0.4 is 10.6 Å². The van der Waals surface area contributed by atoms with Gasteiger partial charge < -0.3 is 5.32 Å². The van der Waals surface area contributed by atoms with Crippen molar-refractivity contribution in [1.82, 2.24) is 10.2 Å². The summed E-state index contributed by atoms with van der Waals surface area (Å²) < 4.78 is 0.616. The van der Waals surface area contributed by atoms with Crippen LogP contribution in [0.3, 0.4) is 0 Å². The lowest BCUT2D eigenvalue weighted by molar-refractivity contribution is -0.114. The van der Waals surface area contributed by atoms with Gasteiger partial charge in [-0.1, -0.05) is 71.1 Å². The summed E-state index contributed by atoms with van der Waals surface area (Å²) in [4.78, 5) is 24.3. The van der Waals surface area contributed by atoms with Gasteiger partial charge in [0, 0.05) is 11.8 Å². The summed E-state index contributed by atoms with van der Waals surface area (Å²) in [6.07, 6.45) is 3.18. The third-order valence-corrected chi connectivity index (χ3v) is 6.10.